The van der Waals surface area contributed by atoms with E-state index < -0.39 is 11.6 Å². The molecule has 19 heavy (non-hydrogen) atoms. The molecule has 2 rings (SSSR count). The molecule has 0 spiro atoms. The van der Waals surface area contributed by atoms with Gasteiger partial charge in [0, 0.05) is 17.0 Å². The van der Waals surface area contributed by atoms with Crippen LogP contribution in [0.3, 0.4) is 0 Å². The Morgan fingerprint density at radius 3 is 2.47 bits per heavy atom. The molecule has 0 aliphatic heterocycles. The summed E-state index contributed by atoms with van der Waals surface area (Å²) in [6.45, 7) is 5.51. The van der Waals surface area contributed by atoms with Gasteiger partial charge in [0.1, 0.15) is 22.6 Å². The third kappa shape index (κ3) is 2.73. The maximum absolute atomic E-state index is 13.8. The minimum absolute atomic E-state index is 0.0495. The summed E-state index contributed by atoms with van der Waals surface area (Å²) in [5.74, 6) is -0.492. The molecule has 1 aromatic carbocycles. The minimum atomic E-state index is -0.533. The second-order valence-corrected chi connectivity index (χ2v) is 4.98. The smallest absolute Gasteiger partial charge is 0.136 e. The lowest BCUT2D eigenvalue weighted by molar-refractivity contribution is 0.602. The van der Waals surface area contributed by atoms with Gasteiger partial charge in [-0.15, -0.1) is 0 Å². The van der Waals surface area contributed by atoms with E-state index in [1.165, 1.54) is 0 Å². The molecule has 0 aliphatic carbocycles. The molecule has 0 amide bonds. The lowest BCUT2D eigenvalue weighted by atomic mass is 10.1. The molecule has 0 aliphatic rings. The quantitative estimate of drug-likeness (QED) is 0.758. The van der Waals surface area contributed by atoms with Crippen molar-refractivity contribution in [1.29, 1.82) is 0 Å². The highest BCUT2D eigenvalue weighted by atomic mass is 35.5. The largest absolute Gasteiger partial charge is 0.232 e. The number of hydrogen-bond acceptors (Lipinski definition) is 2. The van der Waals surface area contributed by atoms with Crippen LogP contribution in [-0.4, -0.2) is 9.97 Å². The van der Waals surface area contributed by atoms with Gasteiger partial charge in [0.05, 0.1) is 5.69 Å². The van der Waals surface area contributed by atoms with Gasteiger partial charge in [-0.3, -0.25) is 0 Å². The first-order chi connectivity index (χ1) is 8.90. The minimum Gasteiger partial charge on any atom is -0.232 e. The van der Waals surface area contributed by atoms with E-state index in [-0.39, 0.29) is 16.6 Å². The first-order valence-electron chi connectivity index (χ1n) is 5.89. The molecule has 0 saturated heterocycles. The van der Waals surface area contributed by atoms with E-state index >= 15 is 0 Å². The van der Waals surface area contributed by atoms with Crippen LogP contribution in [0.5, 0.6) is 0 Å². The Balaban J connectivity index is 2.70. The van der Waals surface area contributed by atoms with Crippen molar-refractivity contribution in [3.8, 4) is 11.3 Å². The Kier molecular flexibility index (Phi) is 3.80. The number of aromatic nitrogens is 2. The average molecular weight is 283 g/mol. The van der Waals surface area contributed by atoms with E-state index in [1.54, 1.807) is 6.92 Å². The van der Waals surface area contributed by atoms with Gasteiger partial charge in [0.2, 0.25) is 0 Å². The molecule has 0 unspecified atom stereocenters. The van der Waals surface area contributed by atoms with Crippen LogP contribution in [0.25, 0.3) is 11.3 Å². The highest BCUT2D eigenvalue weighted by Gasteiger charge is 2.16. The molecule has 1 heterocycles. The maximum atomic E-state index is 13.8. The van der Waals surface area contributed by atoms with Crippen LogP contribution in [0.15, 0.2) is 18.2 Å². The number of benzene rings is 1. The number of hydrogen-bond donors (Lipinski definition) is 0. The summed E-state index contributed by atoms with van der Waals surface area (Å²) in [6, 6.07) is 3.26. The molecule has 0 N–H and O–H groups in total. The second-order valence-electron chi connectivity index (χ2n) is 4.63. The third-order valence-electron chi connectivity index (χ3n) is 2.80. The van der Waals surface area contributed by atoms with Crippen LogP contribution in [-0.2, 0) is 0 Å². The lowest BCUT2D eigenvalue weighted by Gasteiger charge is -2.12. The van der Waals surface area contributed by atoms with Crippen molar-refractivity contribution in [2.45, 2.75) is 26.7 Å². The number of rotatable bonds is 2. The Morgan fingerprint density at radius 1 is 1.16 bits per heavy atom. The van der Waals surface area contributed by atoms with Crippen LogP contribution in [0.2, 0.25) is 5.15 Å². The molecular weight excluding hydrogens is 270 g/mol. The van der Waals surface area contributed by atoms with E-state index in [0.717, 1.165) is 18.2 Å². The predicted molar refractivity (Wildman–Crippen MR) is 71.2 cm³/mol. The van der Waals surface area contributed by atoms with E-state index in [0.29, 0.717) is 17.1 Å². The van der Waals surface area contributed by atoms with Crippen molar-refractivity contribution in [1.82, 2.24) is 9.97 Å². The van der Waals surface area contributed by atoms with Gasteiger partial charge < -0.3 is 0 Å². The fourth-order valence-electron chi connectivity index (χ4n) is 1.70. The highest BCUT2D eigenvalue weighted by molar-refractivity contribution is 6.30. The van der Waals surface area contributed by atoms with E-state index in [4.69, 9.17) is 11.6 Å². The summed E-state index contributed by atoms with van der Waals surface area (Å²) in [4.78, 5) is 8.45. The fourth-order valence-corrected chi connectivity index (χ4v) is 1.88. The molecule has 0 fully saturated rings. The summed E-state index contributed by atoms with van der Waals surface area (Å²) >= 11 is 6.04. The Bertz CT molecular complexity index is 627. The molecule has 1 aromatic heterocycles. The lowest BCUT2D eigenvalue weighted by Crippen LogP contribution is -2.03. The Morgan fingerprint density at radius 2 is 1.84 bits per heavy atom. The molecule has 2 nitrogen and oxygen atoms in total. The van der Waals surface area contributed by atoms with Gasteiger partial charge in [0.15, 0.2) is 0 Å². The monoisotopic (exact) mass is 282 g/mol. The molecule has 5 heteroatoms. The van der Waals surface area contributed by atoms with Gasteiger partial charge in [-0.05, 0) is 25.1 Å². The Hall–Kier alpha value is -1.55. The fraction of sp³-hybridized carbons (Fsp3) is 0.286. The second kappa shape index (κ2) is 5.21. The number of nitrogens with zero attached hydrogens (tertiary/aromatic N) is 2. The zero-order valence-electron chi connectivity index (χ0n) is 10.8. The van der Waals surface area contributed by atoms with Gasteiger partial charge in [0.25, 0.3) is 0 Å². The van der Waals surface area contributed by atoms with Crippen molar-refractivity contribution >= 4 is 11.6 Å². The number of halogens is 3. The van der Waals surface area contributed by atoms with E-state index in [2.05, 4.69) is 9.97 Å². The standard InChI is InChI=1S/C14H13ClF2N2/c1-7(2)14-18-12(8(3)13(15)19-14)10-6-9(16)4-5-11(10)17/h4-7H,1-3H3. The highest BCUT2D eigenvalue weighted by Crippen LogP contribution is 2.29. The zero-order valence-corrected chi connectivity index (χ0v) is 11.6. The van der Waals surface area contributed by atoms with Crippen molar-refractivity contribution in [2.75, 3.05) is 0 Å². The van der Waals surface area contributed by atoms with Crippen molar-refractivity contribution in [2.24, 2.45) is 0 Å². The molecular formula is C14H13ClF2N2. The summed E-state index contributed by atoms with van der Waals surface area (Å²) in [6.07, 6.45) is 0. The van der Waals surface area contributed by atoms with Gasteiger partial charge in [-0.1, -0.05) is 25.4 Å². The van der Waals surface area contributed by atoms with Crippen LogP contribution in [0, 0.1) is 18.6 Å². The van der Waals surface area contributed by atoms with Crippen LogP contribution < -0.4 is 0 Å². The van der Waals surface area contributed by atoms with E-state index in [9.17, 15) is 8.78 Å². The topological polar surface area (TPSA) is 25.8 Å². The zero-order chi connectivity index (χ0) is 14.2. The SMILES string of the molecule is Cc1c(Cl)nc(C(C)C)nc1-c1cc(F)ccc1F. The molecule has 100 valence electrons. The van der Waals surface area contributed by atoms with Gasteiger partial charge in [-0.25, -0.2) is 18.7 Å². The van der Waals surface area contributed by atoms with Crippen LogP contribution in [0.4, 0.5) is 8.78 Å². The predicted octanol–water partition coefficient (Wildman–Crippen LogP) is 4.51. The molecule has 0 atom stereocenters. The summed E-state index contributed by atoms with van der Waals surface area (Å²) in [5, 5.41) is 0.261. The molecule has 0 saturated carbocycles. The average Bonchev–Trinajstić information content (AvgIpc) is 2.35. The Labute approximate surface area is 115 Å². The van der Waals surface area contributed by atoms with Crippen molar-refractivity contribution in [3.63, 3.8) is 0 Å². The molecule has 0 bridgehead atoms. The third-order valence-corrected chi connectivity index (χ3v) is 3.17. The normalized spacial score (nSPS) is 11.1. The van der Waals surface area contributed by atoms with Crippen molar-refractivity contribution < 1.29 is 8.78 Å². The molecule has 2 aromatic rings. The van der Waals surface area contributed by atoms with Crippen LogP contribution in [0.1, 0.15) is 31.2 Å². The van der Waals surface area contributed by atoms with Gasteiger partial charge >= 0.3 is 0 Å². The van der Waals surface area contributed by atoms with Crippen LogP contribution >= 0.6 is 11.6 Å². The summed E-state index contributed by atoms with van der Waals surface area (Å²) in [5.41, 5.74) is 0.972. The van der Waals surface area contributed by atoms with E-state index in [1.807, 2.05) is 13.8 Å². The maximum Gasteiger partial charge on any atom is 0.136 e. The van der Waals surface area contributed by atoms with Gasteiger partial charge in [-0.2, -0.15) is 0 Å². The first kappa shape index (κ1) is 13.9. The van der Waals surface area contributed by atoms with Crippen molar-refractivity contribution in [3.05, 3.63) is 46.4 Å². The summed E-state index contributed by atoms with van der Waals surface area (Å²) < 4.78 is 27.1. The summed E-state index contributed by atoms with van der Waals surface area (Å²) in [7, 11) is 0. The molecule has 0 radical (unpaired) electrons. The first-order valence-corrected chi connectivity index (χ1v) is 6.27.